The van der Waals surface area contributed by atoms with Crippen molar-refractivity contribution in [3.05, 3.63) is 107 Å². The Morgan fingerprint density at radius 2 is 1.57 bits per heavy atom. The number of benzene rings is 3. The standard InChI is InChI=1S/C29H34N2O5S/c1-37(35,36)30-25(18-21-10-4-2-5-11-21)26(32)16-17-28(34)31(20-22-12-6-3-7-13-22)29-24-15-9-8-14-23(24)19-27(29)33/h2-15,25-27,29-30,32-33H,16-20H2,1H3/t25-,26-,27+,29-/m0/s1. The minimum absolute atomic E-state index is 0.0100. The van der Waals surface area contributed by atoms with Crippen molar-refractivity contribution in [3.63, 3.8) is 0 Å². The van der Waals surface area contributed by atoms with Crippen molar-refractivity contribution in [2.75, 3.05) is 6.26 Å². The minimum Gasteiger partial charge on any atom is -0.391 e. The van der Waals surface area contributed by atoms with E-state index in [0.717, 1.165) is 28.5 Å². The highest BCUT2D eigenvalue weighted by Crippen LogP contribution is 2.37. The lowest BCUT2D eigenvalue weighted by molar-refractivity contribution is -0.137. The Morgan fingerprint density at radius 3 is 2.22 bits per heavy atom. The molecule has 1 amide bonds. The third kappa shape index (κ3) is 7.26. The van der Waals surface area contributed by atoms with Gasteiger partial charge in [-0.15, -0.1) is 0 Å². The molecular formula is C29H34N2O5S. The van der Waals surface area contributed by atoms with Crippen LogP contribution in [-0.2, 0) is 34.2 Å². The number of aliphatic hydroxyl groups excluding tert-OH is 2. The van der Waals surface area contributed by atoms with Gasteiger partial charge in [0.2, 0.25) is 15.9 Å². The van der Waals surface area contributed by atoms with E-state index < -0.39 is 34.3 Å². The monoisotopic (exact) mass is 522 g/mol. The third-order valence-electron chi connectivity index (χ3n) is 6.80. The fourth-order valence-corrected chi connectivity index (χ4v) is 5.86. The van der Waals surface area contributed by atoms with E-state index in [1.54, 1.807) is 4.90 Å². The van der Waals surface area contributed by atoms with E-state index in [-0.39, 0.29) is 18.7 Å². The Labute approximate surface area is 218 Å². The number of sulfonamides is 1. The molecule has 1 aliphatic rings. The van der Waals surface area contributed by atoms with Gasteiger partial charge in [-0.1, -0.05) is 84.9 Å². The summed E-state index contributed by atoms with van der Waals surface area (Å²) in [6.45, 7) is 0.320. The molecule has 0 saturated heterocycles. The van der Waals surface area contributed by atoms with Crippen LogP contribution in [0.4, 0.5) is 0 Å². The normalized spacial score (nSPS) is 18.7. The van der Waals surface area contributed by atoms with Gasteiger partial charge in [0.05, 0.1) is 30.5 Å². The Balaban J connectivity index is 1.52. The van der Waals surface area contributed by atoms with Crippen molar-refractivity contribution in [2.24, 2.45) is 0 Å². The molecule has 4 rings (SSSR count). The molecule has 0 saturated carbocycles. The van der Waals surface area contributed by atoms with Gasteiger partial charge in [0.15, 0.2) is 0 Å². The number of nitrogens with zero attached hydrogens (tertiary/aromatic N) is 1. The van der Waals surface area contributed by atoms with Crippen molar-refractivity contribution in [1.82, 2.24) is 9.62 Å². The molecule has 0 aliphatic heterocycles. The number of fused-ring (bicyclic) bond motifs is 1. The summed E-state index contributed by atoms with van der Waals surface area (Å²) in [6.07, 6.45) is 0.116. The average molecular weight is 523 g/mol. The van der Waals surface area contributed by atoms with Crippen LogP contribution in [0.15, 0.2) is 84.9 Å². The molecular weight excluding hydrogens is 488 g/mol. The number of nitrogens with one attached hydrogen (secondary N) is 1. The molecule has 0 radical (unpaired) electrons. The van der Waals surface area contributed by atoms with E-state index in [4.69, 9.17) is 0 Å². The van der Waals surface area contributed by atoms with Gasteiger partial charge >= 0.3 is 0 Å². The molecule has 196 valence electrons. The summed E-state index contributed by atoms with van der Waals surface area (Å²) < 4.78 is 26.5. The van der Waals surface area contributed by atoms with Gasteiger partial charge in [-0.2, -0.15) is 0 Å². The molecule has 8 heteroatoms. The van der Waals surface area contributed by atoms with Crippen LogP contribution in [0.3, 0.4) is 0 Å². The molecule has 0 fully saturated rings. The van der Waals surface area contributed by atoms with Gasteiger partial charge in [-0.3, -0.25) is 4.79 Å². The van der Waals surface area contributed by atoms with E-state index in [2.05, 4.69) is 4.72 Å². The highest BCUT2D eigenvalue weighted by molar-refractivity contribution is 7.88. The zero-order valence-corrected chi connectivity index (χ0v) is 21.7. The second-order valence-electron chi connectivity index (χ2n) is 9.71. The summed E-state index contributed by atoms with van der Waals surface area (Å²) in [5, 5.41) is 21.9. The Kier molecular flexibility index (Phi) is 8.76. The Bertz CT molecular complexity index is 1280. The second-order valence-corrected chi connectivity index (χ2v) is 11.5. The number of carbonyl (C=O) groups excluding carboxylic acids is 1. The number of hydrogen-bond acceptors (Lipinski definition) is 5. The molecule has 0 bridgehead atoms. The molecule has 4 atom stereocenters. The first kappa shape index (κ1) is 27.0. The van der Waals surface area contributed by atoms with Crippen molar-refractivity contribution < 1.29 is 23.4 Å². The SMILES string of the molecule is CS(=O)(=O)N[C@@H](Cc1ccccc1)[C@@H](O)CCC(=O)N(Cc1ccccc1)[C@H]1c2ccccc2C[C@H]1O. The van der Waals surface area contributed by atoms with Crippen molar-refractivity contribution in [3.8, 4) is 0 Å². The summed E-state index contributed by atoms with van der Waals surface area (Å²) >= 11 is 0. The second kappa shape index (κ2) is 12.0. The van der Waals surface area contributed by atoms with Gasteiger partial charge in [-0.05, 0) is 35.1 Å². The lowest BCUT2D eigenvalue weighted by Crippen LogP contribution is -2.45. The van der Waals surface area contributed by atoms with Gasteiger partial charge in [0, 0.05) is 19.4 Å². The number of hydrogen-bond donors (Lipinski definition) is 3. The maximum Gasteiger partial charge on any atom is 0.223 e. The first-order valence-electron chi connectivity index (χ1n) is 12.5. The van der Waals surface area contributed by atoms with Crippen LogP contribution in [0.25, 0.3) is 0 Å². The largest absolute Gasteiger partial charge is 0.391 e. The van der Waals surface area contributed by atoms with E-state index in [1.165, 1.54) is 0 Å². The fourth-order valence-electron chi connectivity index (χ4n) is 5.07. The van der Waals surface area contributed by atoms with Gasteiger partial charge < -0.3 is 15.1 Å². The lowest BCUT2D eigenvalue weighted by Gasteiger charge is -2.33. The first-order chi connectivity index (χ1) is 17.7. The zero-order chi connectivity index (χ0) is 26.4. The minimum atomic E-state index is -3.58. The van der Waals surface area contributed by atoms with E-state index >= 15 is 0 Å². The number of carbonyl (C=O) groups is 1. The quantitative estimate of drug-likeness (QED) is 0.359. The summed E-state index contributed by atoms with van der Waals surface area (Å²) in [6, 6.07) is 25.4. The summed E-state index contributed by atoms with van der Waals surface area (Å²) in [5.74, 6) is -0.207. The van der Waals surface area contributed by atoms with Crippen LogP contribution in [0.1, 0.15) is 41.1 Å². The van der Waals surface area contributed by atoms with Crippen molar-refractivity contribution in [2.45, 2.75) is 56.5 Å². The Hall–Kier alpha value is -3.04. The van der Waals surface area contributed by atoms with Crippen LogP contribution in [-0.4, -0.2) is 53.9 Å². The maximum atomic E-state index is 13.6. The smallest absolute Gasteiger partial charge is 0.223 e. The van der Waals surface area contributed by atoms with Gasteiger partial charge in [0.1, 0.15) is 0 Å². The topological polar surface area (TPSA) is 107 Å². The molecule has 0 aromatic heterocycles. The summed E-state index contributed by atoms with van der Waals surface area (Å²) in [7, 11) is -3.58. The molecule has 1 aliphatic carbocycles. The first-order valence-corrected chi connectivity index (χ1v) is 14.4. The highest BCUT2D eigenvalue weighted by Gasteiger charge is 2.38. The van der Waals surface area contributed by atoms with Gasteiger partial charge in [-0.25, -0.2) is 13.1 Å². The Morgan fingerprint density at radius 1 is 0.973 bits per heavy atom. The molecule has 3 aromatic carbocycles. The molecule has 3 N–H and O–H groups in total. The zero-order valence-electron chi connectivity index (χ0n) is 20.9. The number of amides is 1. The predicted octanol–water partition coefficient (Wildman–Crippen LogP) is 2.98. The van der Waals surface area contributed by atoms with Crippen LogP contribution in [0, 0.1) is 0 Å². The number of rotatable bonds is 11. The maximum absolute atomic E-state index is 13.6. The van der Waals surface area contributed by atoms with Crippen LogP contribution in [0.2, 0.25) is 0 Å². The summed E-state index contributed by atoms with van der Waals surface area (Å²) in [5.41, 5.74) is 3.77. The molecule has 0 unspecified atom stereocenters. The summed E-state index contributed by atoms with van der Waals surface area (Å²) in [4.78, 5) is 15.3. The van der Waals surface area contributed by atoms with Crippen molar-refractivity contribution >= 4 is 15.9 Å². The molecule has 3 aromatic rings. The molecule has 7 nitrogen and oxygen atoms in total. The van der Waals surface area contributed by atoms with E-state index in [9.17, 15) is 23.4 Å². The van der Waals surface area contributed by atoms with Crippen LogP contribution < -0.4 is 4.72 Å². The highest BCUT2D eigenvalue weighted by atomic mass is 32.2. The molecule has 0 heterocycles. The van der Waals surface area contributed by atoms with E-state index in [1.807, 2.05) is 84.9 Å². The lowest BCUT2D eigenvalue weighted by atomic mass is 9.98. The van der Waals surface area contributed by atoms with Crippen LogP contribution >= 0.6 is 0 Å². The fraction of sp³-hybridized carbons (Fsp3) is 0.345. The number of aliphatic hydroxyl groups is 2. The third-order valence-corrected chi connectivity index (χ3v) is 7.53. The molecule has 0 spiro atoms. The average Bonchev–Trinajstić information content (AvgIpc) is 3.21. The van der Waals surface area contributed by atoms with Crippen LogP contribution in [0.5, 0.6) is 0 Å². The van der Waals surface area contributed by atoms with Crippen molar-refractivity contribution in [1.29, 1.82) is 0 Å². The molecule has 37 heavy (non-hydrogen) atoms. The van der Waals surface area contributed by atoms with E-state index in [0.29, 0.717) is 19.4 Å². The van der Waals surface area contributed by atoms with Gasteiger partial charge in [0.25, 0.3) is 0 Å². The predicted molar refractivity (Wildman–Crippen MR) is 143 cm³/mol.